The Hall–Kier alpha value is -1.82. The topological polar surface area (TPSA) is 163 Å². The van der Waals surface area contributed by atoms with Crippen LogP contribution in [0.1, 0.15) is 5.56 Å². The van der Waals surface area contributed by atoms with Crippen molar-refractivity contribution in [2.24, 2.45) is 0 Å². The van der Waals surface area contributed by atoms with Crippen LogP contribution >= 0.6 is 7.82 Å². The number of hydrogen-bond donors (Lipinski definition) is 3. The van der Waals surface area contributed by atoms with E-state index < -0.39 is 25.7 Å². The van der Waals surface area contributed by atoms with Gasteiger partial charge in [-0.1, -0.05) is 0 Å². The first kappa shape index (κ1) is 19.5. The first-order valence-corrected chi connectivity index (χ1v) is 8.59. The number of nitrogen functional groups attached to an aromatic ring is 1. The number of hydrogen-bond acceptors (Lipinski definition) is 10. The van der Waals surface area contributed by atoms with Crippen LogP contribution < -0.4 is 11.4 Å². The molecule has 2 atom stereocenters. The number of rotatable bonds is 9. The molecule has 2 aromatic heterocycles. The van der Waals surface area contributed by atoms with Crippen LogP contribution in [0.5, 0.6) is 0 Å². The number of aliphatic hydroxyl groups is 1. The molecule has 0 aliphatic carbocycles. The van der Waals surface area contributed by atoms with Gasteiger partial charge in [-0.05, 0) is 0 Å². The van der Waals surface area contributed by atoms with Crippen molar-refractivity contribution >= 4 is 19.4 Å². The summed E-state index contributed by atoms with van der Waals surface area (Å²) < 4.78 is 32.4. The minimum absolute atomic E-state index is 0.0471. The summed E-state index contributed by atoms with van der Waals surface area (Å²) in [4.78, 5) is 18.0. The second-order valence-electron chi connectivity index (χ2n) is 4.99. The zero-order valence-electron chi connectivity index (χ0n) is 13.9. The van der Waals surface area contributed by atoms with E-state index in [2.05, 4.69) is 24.1 Å². The number of methoxy groups -OCH3 is 1. The molecule has 0 fully saturated rings. The molecule has 12 nitrogen and oxygen atoms in total. The van der Waals surface area contributed by atoms with Crippen LogP contribution in [-0.2, 0) is 29.3 Å². The van der Waals surface area contributed by atoms with E-state index in [0.717, 1.165) is 4.52 Å². The van der Waals surface area contributed by atoms with E-state index in [1.807, 2.05) is 0 Å². The van der Waals surface area contributed by atoms with E-state index in [9.17, 15) is 14.5 Å². The quantitative estimate of drug-likeness (QED) is 0.478. The largest absolute Gasteiger partial charge is 0.474 e. The zero-order valence-corrected chi connectivity index (χ0v) is 14.8. The lowest BCUT2D eigenvalue weighted by molar-refractivity contribution is -0.0409. The van der Waals surface area contributed by atoms with Crippen molar-refractivity contribution in [3.05, 3.63) is 22.2 Å². The molecule has 140 valence electrons. The standard InChI is InChI=1S/C12H20N5O7P/c1-21-9(6-24-25(20,22-2)23-3)8(18)4-7-5-14-17-10(7)15-11(13)16-12(17)19/h5,8-9,18H,4,6H2,1-3H3,(H3,13,15,16,19). The van der Waals surface area contributed by atoms with Gasteiger partial charge in [-0.3, -0.25) is 18.6 Å². The minimum atomic E-state index is -3.69. The van der Waals surface area contributed by atoms with Crippen LogP contribution in [0.2, 0.25) is 0 Å². The number of aromatic nitrogens is 4. The summed E-state index contributed by atoms with van der Waals surface area (Å²) in [6.07, 6.45) is -0.468. The first-order chi connectivity index (χ1) is 11.8. The Labute approximate surface area is 142 Å². The summed E-state index contributed by atoms with van der Waals surface area (Å²) >= 11 is 0. The smallest absolute Gasteiger partial charge is 0.390 e. The van der Waals surface area contributed by atoms with Gasteiger partial charge in [0.2, 0.25) is 5.95 Å². The monoisotopic (exact) mass is 377 g/mol. The Kier molecular flexibility index (Phi) is 6.27. The van der Waals surface area contributed by atoms with Gasteiger partial charge in [0.05, 0.1) is 18.9 Å². The fourth-order valence-electron chi connectivity index (χ4n) is 2.13. The molecule has 0 saturated heterocycles. The predicted molar refractivity (Wildman–Crippen MR) is 86.1 cm³/mol. The Morgan fingerprint density at radius 3 is 2.68 bits per heavy atom. The van der Waals surface area contributed by atoms with Gasteiger partial charge in [0.1, 0.15) is 6.10 Å². The maximum atomic E-state index is 11.9. The minimum Gasteiger partial charge on any atom is -0.390 e. The molecule has 0 radical (unpaired) electrons. The van der Waals surface area contributed by atoms with Gasteiger partial charge in [0.15, 0.2) is 5.65 Å². The van der Waals surface area contributed by atoms with Crippen molar-refractivity contribution in [2.45, 2.75) is 18.6 Å². The van der Waals surface area contributed by atoms with E-state index in [1.165, 1.54) is 27.5 Å². The van der Waals surface area contributed by atoms with Crippen LogP contribution in [0.15, 0.2) is 11.0 Å². The number of aromatic amines is 1. The van der Waals surface area contributed by atoms with Gasteiger partial charge in [-0.15, -0.1) is 0 Å². The van der Waals surface area contributed by atoms with Crippen molar-refractivity contribution in [1.82, 2.24) is 19.6 Å². The van der Waals surface area contributed by atoms with Crippen LogP contribution in [0.25, 0.3) is 5.65 Å². The number of aliphatic hydroxyl groups excluding tert-OH is 1. The molecule has 2 heterocycles. The van der Waals surface area contributed by atoms with E-state index in [-0.39, 0.29) is 24.6 Å². The number of fused-ring (bicyclic) bond motifs is 1. The summed E-state index contributed by atoms with van der Waals surface area (Å²) in [7, 11) is 0.0188. The van der Waals surface area contributed by atoms with E-state index >= 15 is 0 Å². The molecule has 0 spiro atoms. The highest BCUT2D eigenvalue weighted by Gasteiger charge is 2.28. The van der Waals surface area contributed by atoms with Crippen LogP contribution in [0.4, 0.5) is 5.95 Å². The third-order valence-corrected chi connectivity index (χ3v) is 4.84. The highest BCUT2D eigenvalue weighted by molar-refractivity contribution is 7.48. The fourth-order valence-corrected chi connectivity index (χ4v) is 2.82. The summed E-state index contributed by atoms with van der Waals surface area (Å²) in [6, 6.07) is 0. The number of nitrogens with two attached hydrogens (primary N) is 1. The SMILES string of the molecule is COC(COP(=O)(OC)OC)C(O)Cc1cnn2c(=O)[nH]c(N)nc12. The zero-order chi connectivity index (χ0) is 18.6. The lowest BCUT2D eigenvalue weighted by Gasteiger charge is -2.22. The van der Waals surface area contributed by atoms with Crippen molar-refractivity contribution < 1.29 is 28.0 Å². The van der Waals surface area contributed by atoms with Crippen molar-refractivity contribution in [1.29, 1.82) is 0 Å². The number of phosphoric acid groups is 1. The molecule has 0 aliphatic rings. The summed E-state index contributed by atoms with van der Waals surface area (Å²) in [5.41, 5.74) is 5.68. The molecule has 2 unspecified atom stereocenters. The molecule has 4 N–H and O–H groups in total. The van der Waals surface area contributed by atoms with Crippen LogP contribution in [-0.4, -0.2) is 64.8 Å². The number of H-pyrrole nitrogens is 1. The van der Waals surface area contributed by atoms with Gasteiger partial charge in [0, 0.05) is 33.3 Å². The molecule has 0 saturated carbocycles. The molecule has 2 rings (SSSR count). The highest BCUT2D eigenvalue weighted by Crippen LogP contribution is 2.47. The first-order valence-electron chi connectivity index (χ1n) is 7.13. The van der Waals surface area contributed by atoms with Crippen molar-refractivity contribution in [3.8, 4) is 0 Å². The van der Waals surface area contributed by atoms with Gasteiger partial charge in [-0.2, -0.15) is 14.6 Å². The number of nitrogens with zero attached hydrogens (tertiary/aromatic N) is 3. The van der Waals surface area contributed by atoms with Crippen LogP contribution in [0, 0.1) is 0 Å². The van der Waals surface area contributed by atoms with Gasteiger partial charge in [0.25, 0.3) is 0 Å². The maximum Gasteiger partial charge on any atom is 0.474 e. The molecule has 0 aliphatic heterocycles. The molecule has 25 heavy (non-hydrogen) atoms. The Bertz CT molecular complexity index is 814. The highest BCUT2D eigenvalue weighted by atomic mass is 31.2. The van der Waals surface area contributed by atoms with Gasteiger partial charge < -0.3 is 15.6 Å². The van der Waals surface area contributed by atoms with Crippen molar-refractivity contribution in [2.75, 3.05) is 33.7 Å². The van der Waals surface area contributed by atoms with Gasteiger partial charge in [-0.25, -0.2) is 9.36 Å². The van der Waals surface area contributed by atoms with E-state index in [0.29, 0.717) is 5.56 Å². The fraction of sp³-hybridized carbons (Fsp3) is 0.583. The Morgan fingerprint density at radius 2 is 2.08 bits per heavy atom. The maximum absolute atomic E-state index is 11.9. The number of nitrogens with one attached hydrogen (secondary N) is 1. The van der Waals surface area contributed by atoms with E-state index in [1.54, 1.807) is 0 Å². The molecule has 0 amide bonds. The number of anilines is 1. The summed E-state index contributed by atoms with van der Waals surface area (Å²) in [5.74, 6) is -0.0681. The third-order valence-electron chi connectivity index (χ3n) is 3.48. The third kappa shape index (κ3) is 4.42. The average Bonchev–Trinajstić information content (AvgIpc) is 2.98. The summed E-state index contributed by atoms with van der Waals surface area (Å²) in [6.45, 7) is -0.244. The molecule has 0 aromatic carbocycles. The van der Waals surface area contributed by atoms with Gasteiger partial charge >= 0.3 is 13.5 Å². The Balaban J connectivity index is 2.13. The lowest BCUT2D eigenvalue weighted by Crippen LogP contribution is -2.34. The molecule has 0 bridgehead atoms. The average molecular weight is 377 g/mol. The van der Waals surface area contributed by atoms with Crippen molar-refractivity contribution in [3.63, 3.8) is 0 Å². The second kappa shape index (κ2) is 8.04. The lowest BCUT2D eigenvalue weighted by atomic mass is 10.1. The summed E-state index contributed by atoms with van der Waals surface area (Å²) in [5, 5.41) is 14.3. The molecular formula is C12H20N5O7P. The van der Waals surface area contributed by atoms with E-state index in [4.69, 9.17) is 15.0 Å². The molecule has 2 aromatic rings. The predicted octanol–water partition coefficient (Wildman–Crippen LogP) is -0.664. The number of ether oxygens (including phenoxy) is 1. The normalized spacial score (nSPS) is 14.7. The molecular weight excluding hydrogens is 357 g/mol. The second-order valence-corrected chi connectivity index (χ2v) is 6.87. The molecule has 13 heteroatoms. The number of phosphoric ester groups is 1. The Morgan fingerprint density at radius 1 is 1.40 bits per heavy atom. The van der Waals surface area contributed by atoms with Crippen LogP contribution in [0.3, 0.4) is 0 Å².